The highest BCUT2D eigenvalue weighted by atomic mass is 15.0. The van der Waals surface area contributed by atoms with Crippen LogP contribution in [0.5, 0.6) is 0 Å². The maximum atomic E-state index is 5.09. The van der Waals surface area contributed by atoms with Crippen molar-refractivity contribution in [2.24, 2.45) is 0 Å². The van der Waals surface area contributed by atoms with E-state index < -0.39 is 0 Å². The average Bonchev–Trinajstić information content (AvgIpc) is 3.53. The summed E-state index contributed by atoms with van der Waals surface area (Å²) in [5.74, 6) is 1.92. The molecule has 4 nitrogen and oxygen atoms in total. The Morgan fingerprint density at radius 3 is 1.31 bits per heavy atom. The Kier molecular flexibility index (Phi) is 7.10. The normalized spacial score (nSPS) is 11.3. The number of benzene rings is 7. The van der Waals surface area contributed by atoms with Gasteiger partial charge < -0.3 is 4.57 Å². The first-order valence-electron chi connectivity index (χ1n) is 16.5. The second-order valence-electron chi connectivity index (χ2n) is 12.1. The monoisotopic (exact) mass is 626 g/mol. The molecule has 0 aliphatic carbocycles. The Labute approximate surface area is 284 Å². The molecule has 9 rings (SSSR count). The quantitative estimate of drug-likeness (QED) is 0.184. The van der Waals surface area contributed by atoms with Gasteiger partial charge in [0.25, 0.3) is 0 Å². The standard InChI is InChI=1S/C45H30N4/c1-3-13-31(14-4-1)32-23-25-35(26-24-32)44-46-43(34-15-5-2-6-16-34)47-45(48-44)40-20-8-7-17-37(40)33-27-29-36(30-28-33)49-41-21-11-9-18-38(41)39-19-10-12-22-42(39)49/h1-30H. The van der Waals surface area contributed by atoms with Crippen molar-refractivity contribution in [1.29, 1.82) is 0 Å². The lowest BCUT2D eigenvalue weighted by molar-refractivity contribution is 1.07. The summed E-state index contributed by atoms with van der Waals surface area (Å²) in [5.41, 5.74) is 10.8. The molecule has 9 aromatic rings. The summed E-state index contributed by atoms with van der Waals surface area (Å²) >= 11 is 0. The minimum absolute atomic E-state index is 0.637. The third-order valence-electron chi connectivity index (χ3n) is 9.10. The predicted molar refractivity (Wildman–Crippen MR) is 201 cm³/mol. The lowest BCUT2D eigenvalue weighted by Crippen LogP contribution is -2.01. The van der Waals surface area contributed by atoms with Crippen molar-refractivity contribution in [1.82, 2.24) is 19.5 Å². The maximum Gasteiger partial charge on any atom is 0.164 e. The van der Waals surface area contributed by atoms with E-state index in [0.29, 0.717) is 17.5 Å². The highest BCUT2D eigenvalue weighted by Gasteiger charge is 2.17. The molecule has 0 aliphatic heterocycles. The zero-order valence-electron chi connectivity index (χ0n) is 26.6. The van der Waals surface area contributed by atoms with Gasteiger partial charge in [-0.1, -0.05) is 158 Å². The fraction of sp³-hybridized carbons (Fsp3) is 0. The predicted octanol–water partition coefficient (Wildman–Crippen LogP) is 11.3. The van der Waals surface area contributed by atoms with Crippen LogP contribution in [-0.2, 0) is 0 Å². The molecule has 0 unspecified atom stereocenters. The molecule has 0 amide bonds. The van der Waals surface area contributed by atoms with E-state index >= 15 is 0 Å². The van der Waals surface area contributed by atoms with Crippen LogP contribution in [0.3, 0.4) is 0 Å². The van der Waals surface area contributed by atoms with Gasteiger partial charge in [-0.2, -0.15) is 0 Å². The smallest absolute Gasteiger partial charge is 0.164 e. The number of hydrogen-bond donors (Lipinski definition) is 0. The number of hydrogen-bond acceptors (Lipinski definition) is 3. The van der Waals surface area contributed by atoms with Crippen LogP contribution in [0.25, 0.3) is 83.9 Å². The zero-order valence-corrected chi connectivity index (χ0v) is 26.6. The van der Waals surface area contributed by atoms with E-state index in [9.17, 15) is 0 Å². The zero-order chi connectivity index (χ0) is 32.6. The molecule has 0 atom stereocenters. The van der Waals surface area contributed by atoms with Crippen molar-refractivity contribution in [3.63, 3.8) is 0 Å². The van der Waals surface area contributed by atoms with Gasteiger partial charge in [-0.3, -0.25) is 0 Å². The van der Waals surface area contributed by atoms with E-state index in [-0.39, 0.29) is 0 Å². The summed E-state index contributed by atoms with van der Waals surface area (Å²) < 4.78 is 2.34. The van der Waals surface area contributed by atoms with E-state index in [1.54, 1.807) is 0 Å². The summed E-state index contributed by atoms with van der Waals surface area (Å²) in [6.45, 7) is 0. The number of rotatable bonds is 6. The van der Waals surface area contributed by atoms with Crippen molar-refractivity contribution in [3.8, 4) is 62.1 Å². The molecule has 2 heterocycles. The lowest BCUT2D eigenvalue weighted by Gasteiger charge is -2.13. The third kappa shape index (κ3) is 5.26. The van der Waals surface area contributed by atoms with Crippen LogP contribution in [-0.4, -0.2) is 19.5 Å². The van der Waals surface area contributed by atoms with E-state index in [2.05, 4.69) is 144 Å². The van der Waals surface area contributed by atoms with Crippen LogP contribution in [0.4, 0.5) is 0 Å². The summed E-state index contributed by atoms with van der Waals surface area (Å²) in [5, 5.41) is 2.50. The summed E-state index contributed by atoms with van der Waals surface area (Å²) in [7, 11) is 0. The second kappa shape index (κ2) is 12.2. The Morgan fingerprint density at radius 2 is 0.694 bits per heavy atom. The van der Waals surface area contributed by atoms with Crippen LogP contribution in [0.15, 0.2) is 182 Å². The molecule has 230 valence electrons. The molecule has 0 saturated carbocycles. The first-order valence-corrected chi connectivity index (χ1v) is 16.5. The van der Waals surface area contributed by atoms with Crippen molar-refractivity contribution < 1.29 is 0 Å². The van der Waals surface area contributed by atoms with Gasteiger partial charge in [0.1, 0.15) is 0 Å². The van der Waals surface area contributed by atoms with Crippen molar-refractivity contribution in [2.75, 3.05) is 0 Å². The largest absolute Gasteiger partial charge is 0.309 e. The molecule has 0 saturated heterocycles. The van der Waals surface area contributed by atoms with Gasteiger partial charge in [0.15, 0.2) is 17.5 Å². The molecule has 49 heavy (non-hydrogen) atoms. The highest BCUT2D eigenvalue weighted by Crippen LogP contribution is 2.35. The maximum absolute atomic E-state index is 5.09. The molecule has 0 aliphatic rings. The number of para-hydroxylation sites is 2. The fourth-order valence-electron chi connectivity index (χ4n) is 6.70. The first-order chi connectivity index (χ1) is 24.3. The van der Waals surface area contributed by atoms with E-state index in [4.69, 9.17) is 15.0 Å². The topological polar surface area (TPSA) is 43.6 Å². The molecule has 0 spiro atoms. The van der Waals surface area contributed by atoms with Crippen molar-refractivity contribution >= 4 is 21.8 Å². The van der Waals surface area contributed by atoms with Crippen LogP contribution < -0.4 is 0 Å². The highest BCUT2D eigenvalue weighted by molar-refractivity contribution is 6.09. The second-order valence-corrected chi connectivity index (χ2v) is 12.1. The number of fused-ring (bicyclic) bond motifs is 3. The minimum atomic E-state index is 0.637. The molecular weight excluding hydrogens is 597 g/mol. The van der Waals surface area contributed by atoms with Crippen LogP contribution in [0.1, 0.15) is 0 Å². The SMILES string of the molecule is c1ccc(-c2ccc(-c3nc(-c4ccccc4)nc(-c4ccccc4-c4ccc(-n5c6ccccc6c6ccccc65)cc4)n3)cc2)cc1. The number of nitrogens with zero attached hydrogens (tertiary/aromatic N) is 4. The summed E-state index contributed by atoms with van der Waals surface area (Å²) in [4.78, 5) is 15.1. The van der Waals surface area contributed by atoms with Gasteiger partial charge in [-0.15, -0.1) is 0 Å². The van der Waals surface area contributed by atoms with Gasteiger partial charge in [-0.05, 0) is 46.5 Å². The molecule has 2 aromatic heterocycles. The lowest BCUT2D eigenvalue weighted by atomic mass is 9.98. The van der Waals surface area contributed by atoms with E-state index in [0.717, 1.165) is 39.1 Å². The van der Waals surface area contributed by atoms with E-state index in [1.807, 2.05) is 42.5 Å². The van der Waals surface area contributed by atoms with Gasteiger partial charge >= 0.3 is 0 Å². The van der Waals surface area contributed by atoms with E-state index in [1.165, 1.54) is 27.4 Å². The molecular formula is C45H30N4. The van der Waals surface area contributed by atoms with Gasteiger partial charge in [-0.25, -0.2) is 15.0 Å². The Balaban J connectivity index is 1.14. The third-order valence-corrected chi connectivity index (χ3v) is 9.10. The van der Waals surface area contributed by atoms with Gasteiger partial charge in [0.05, 0.1) is 11.0 Å². The van der Waals surface area contributed by atoms with Crippen LogP contribution in [0, 0.1) is 0 Å². The summed E-state index contributed by atoms with van der Waals surface area (Å²) in [6.07, 6.45) is 0. The molecule has 0 N–H and O–H groups in total. The van der Waals surface area contributed by atoms with Crippen LogP contribution >= 0.6 is 0 Å². The Bertz CT molecular complexity index is 2520. The van der Waals surface area contributed by atoms with Gasteiger partial charge in [0.2, 0.25) is 0 Å². The van der Waals surface area contributed by atoms with Crippen molar-refractivity contribution in [3.05, 3.63) is 182 Å². The average molecular weight is 627 g/mol. The molecule has 0 fully saturated rings. The molecule has 7 aromatic carbocycles. The van der Waals surface area contributed by atoms with Gasteiger partial charge in [0, 0.05) is 33.2 Å². The Hall–Kier alpha value is -6.65. The summed E-state index contributed by atoms with van der Waals surface area (Å²) in [6, 6.07) is 63.3. The molecule has 0 radical (unpaired) electrons. The van der Waals surface area contributed by atoms with Crippen LogP contribution in [0.2, 0.25) is 0 Å². The minimum Gasteiger partial charge on any atom is -0.309 e. The fourth-order valence-corrected chi connectivity index (χ4v) is 6.70. The molecule has 4 heteroatoms. The Morgan fingerprint density at radius 1 is 0.286 bits per heavy atom. The first kappa shape index (κ1) is 28.6. The molecule has 0 bridgehead atoms. The number of aromatic nitrogens is 4. The van der Waals surface area contributed by atoms with Crippen molar-refractivity contribution in [2.45, 2.75) is 0 Å².